The summed E-state index contributed by atoms with van der Waals surface area (Å²) in [6.45, 7) is 5.47. The molecule has 30 heavy (non-hydrogen) atoms. The third-order valence-corrected chi connectivity index (χ3v) is 9.23. The Morgan fingerprint density at radius 2 is 1.40 bits per heavy atom. The van der Waals surface area contributed by atoms with Crippen LogP contribution in [0.15, 0.2) is 0 Å². The average molecular weight is 416 g/mol. The average Bonchev–Trinajstić information content (AvgIpc) is 2.80. The van der Waals surface area contributed by atoms with Crippen LogP contribution in [-0.4, -0.2) is 12.7 Å². The van der Waals surface area contributed by atoms with Gasteiger partial charge in [-0.05, 0) is 94.3 Å². The van der Waals surface area contributed by atoms with Crippen molar-refractivity contribution in [3.8, 4) is 6.07 Å². The van der Waals surface area contributed by atoms with Crippen LogP contribution in [0.2, 0.25) is 0 Å². The van der Waals surface area contributed by atoms with Crippen molar-refractivity contribution in [2.45, 2.75) is 136 Å². The van der Waals surface area contributed by atoms with Crippen molar-refractivity contribution in [3.05, 3.63) is 0 Å². The Bertz CT molecular complexity index is 499. The summed E-state index contributed by atoms with van der Waals surface area (Å²) in [7, 11) is 0. The zero-order valence-corrected chi connectivity index (χ0v) is 20.2. The minimum atomic E-state index is -0.0117. The van der Waals surface area contributed by atoms with Crippen LogP contribution < -0.4 is 0 Å². The van der Waals surface area contributed by atoms with Gasteiger partial charge in [-0.25, -0.2) is 0 Å². The number of hydrogen-bond acceptors (Lipinski definition) is 2. The molecule has 172 valence electrons. The van der Waals surface area contributed by atoms with Gasteiger partial charge in [-0.2, -0.15) is 5.26 Å². The lowest BCUT2D eigenvalue weighted by molar-refractivity contribution is -0.00808. The van der Waals surface area contributed by atoms with E-state index >= 15 is 0 Å². The molecule has 0 unspecified atom stereocenters. The third kappa shape index (κ3) is 6.48. The van der Waals surface area contributed by atoms with E-state index in [0.29, 0.717) is 12.0 Å². The van der Waals surface area contributed by atoms with Crippen molar-refractivity contribution in [1.29, 1.82) is 5.26 Å². The highest BCUT2D eigenvalue weighted by Crippen LogP contribution is 2.52. The summed E-state index contributed by atoms with van der Waals surface area (Å²) in [6, 6.07) is 2.87. The monoisotopic (exact) mass is 415 g/mol. The summed E-state index contributed by atoms with van der Waals surface area (Å²) in [5.74, 6) is 3.52. The zero-order chi connectivity index (χ0) is 21.2. The third-order valence-electron chi connectivity index (χ3n) is 9.23. The summed E-state index contributed by atoms with van der Waals surface area (Å²) < 4.78 is 6.08. The van der Waals surface area contributed by atoms with Crippen LogP contribution in [-0.2, 0) is 4.74 Å². The maximum Gasteiger partial charge on any atom is 0.0692 e. The fraction of sp³-hybridized carbons (Fsp3) is 0.964. The van der Waals surface area contributed by atoms with E-state index in [1.54, 1.807) is 0 Å². The largest absolute Gasteiger partial charge is 0.378 e. The maximum absolute atomic E-state index is 10.2. The standard InChI is InChI=1S/C28H49NO/c1-3-5-7-8-23-9-11-24(12-10-23)25-17-19-28(22-29,20-18-25)26-13-15-27(16-14-26)30-21-6-4-2/h23-27H,3-21H2,1-2H3/t23?,24?,25-,26?,27?,28-. The van der Waals surface area contributed by atoms with E-state index in [-0.39, 0.29) is 5.41 Å². The second-order valence-electron chi connectivity index (χ2n) is 11.1. The first kappa shape index (κ1) is 24.1. The lowest BCUT2D eigenvalue weighted by atomic mass is 9.58. The first-order valence-corrected chi connectivity index (χ1v) is 13.7. The molecule has 0 aromatic heterocycles. The molecule has 0 N–H and O–H groups in total. The van der Waals surface area contributed by atoms with Gasteiger partial charge in [-0.3, -0.25) is 0 Å². The molecule has 3 aliphatic rings. The Morgan fingerprint density at radius 1 is 0.767 bits per heavy atom. The molecular weight excluding hydrogens is 366 g/mol. The predicted octanol–water partition coefficient (Wildman–Crippen LogP) is 8.45. The molecule has 0 radical (unpaired) electrons. The molecule has 0 bridgehead atoms. The molecule has 0 aliphatic heterocycles. The maximum atomic E-state index is 10.2. The lowest BCUT2D eigenvalue weighted by Crippen LogP contribution is -2.38. The van der Waals surface area contributed by atoms with Crippen LogP contribution >= 0.6 is 0 Å². The first-order chi connectivity index (χ1) is 14.7. The molecule has 0 heterocycles. The zero-order valence-electron chi connectivity index (χ0n) is 20.2. The molecule has 0 atom stereocenters. The van der Waals surface area contributed by atoms with Crippen LogP contribution in [0.1, 0.15) is 129 Å². The smallest absolute Gasteiger partial charge is 0.0692 e. The lowest BCUT2D eigenvalue weighted by Gasteiger charge is -2.45. The molecule has 0 amide bonds. The first-order valence-electron chi connectivity index (χ1n) is 13.7. The van der Waals surface area contributed by atoms with Crippen molar-refractivity contribution < 1.29 is 4.74 Å². The minimum absolute atomic E-state index is 0.0117. The van der Waals surface area contributed by atoms with Gasteiger partial charge in [-0.15, -0.1) is 0 Å². The number of nitriles is 1. The number of unbranched alkanes of at least 4 members (excludes halogenated alkanes) is 3. The van der Waals surface area contributed by atoms with Crippen molar-refractivity contribution in [3.63, 3.8) is 0 Å². The highest BCUT2D eigenvalue weighted by Gasteiger charge is 2.44. The second kappa shape index (κ2) is 12.5. The number of hydrogen-bond donors (Lipinski definition) is 0. The summed E-state index contributed by atoms with van der Waals surface area (Å²) in [4.78, 5) is 0. The quantitative estimate of drug-likeness (QED) is 0.335. The van der Waals surface area contributed by atoms with E-state index in [1.165, 1.54) is 116 Å². The number of nitrogens with zero attached hydrogens (tertiary/aromatic N) is 1. The van der Waals surface area contributed by atoms with E-state index in [0.717, 1.165) is 24.4 Å². The highest BCUT2D eigenvalue weighted by molar-refractivity contribution is 5.06. The molecule has 3 fully saturated rings. The van der Waals surface area contributed by atoms with Crippen LogP contribution in [0.25, 0.3) is 0 Å². The Hall–Kier alpha value is -0.550. The van der Waals surface area contributed by atoms with Gasteiger partial charge in [0.05, 0.1) is 17.6 Å². The molecule has 0 saturated heterocycles. The van der Waals surface area contributed by atoms with Crippen molar-refractivity contribution in [2.24, 2.45) is 29.1 Å². The van der Waals surface area contributed by atoms with Gasteiger partial charge in [0, 0.05) is 6.61 Å². The van der Waals surface area contributed by atoms with Gasteiger partial charge in [0.25, 0.3) is 0 Å². The molecule has 0 aromatic carbocycles. The Labute approximate surface area is 187 Å². The molecule has 0 aromatic rings. The highest BCUT2D eigenvalue weighted by atomic mass is 16.5. The van der Waals surface area contributed by atoms with E-state index < -0.39 is 0 Å². The summed E-state index contributed by atoms with van der Waals surface area (Å²) in [5, 5.41) is 10.2. The molecule has 3 aliphatic carbocycles. The normalized spacial score (nSPS) is 37.6. The van der Waals surface area contributed by atoms with Crippen molar-refractivity contribution in [2.75, 3.05) is 6.61 Å². The van der Waals surface area contributed by atoms with Crippen molar-refractivity contribution >= 4 is 0 Å². The number of ether oxygens (including phenoxy) is 1. The fourth-order valence-electron chi connectivity index (χ4n) is 7.05. The van der Waals surface area contributed by atoms with Crippen LogP contribution in [0, 0.1) is 40.4 Å². The van der Waals surface area contributed by atoms with Gasteiger partial charge in [0.1, 0.15) is 0 Å². The van der Waals surface area contributed by atoms with E-state index in [1.807, 2.05) is 0 Å². The summed E-state index contributed by atoms with van der Waals surface area (Å²) in [6.07, 6.45) is 24.3. The van der Waals surface area contributed by atoms with Gasteiger partial charge in [-0.1, -0.05) is 58.8 Å². The SMILES string of the molecule is CCCCCC1CCC([C@H]2CC[C@](C#N)(C3CCC(OCCCC)CC3)CC2)CC1. The Morgan fingerprint density at radius 3 is 2.00 bits per heavy atom. The van der Waals surface area contributed by atoms with Gasteiger partial charge >= 0.3 is 0 Å². The van der Waals surface area contributed by atoms with Gasteiger partial charge in [0.2, 0.25) is 0 Å². The van der Waals surface area contributed by atoms with Gasteiger partial charge < -0.3 is 4.74 Å². The number of rotatable bonds is 10. The Balaban J connectivity index is 1.40. The second-order valence-corrected chi connectivity index (χ2v) is 11.1. The van der Waals surface area contributed by atoms with E-state index in [9.17, 15) is 5.26 Å². The fourth-order valence-corrected chi connectivity index (χ4v) is 7.05. The van der Waals surface area contributed by atoms with Crippen molar-refractivity contribution in [1.82, 2.24) is 0 Å². The van der Waals surface area contributed by atoms with Crippen LogP contribution in [0.3, 0.4) is 0 Å². The van der Waals surface area contributed by atoms with Crippen LogP contribution in [0.5, 0.6) is 0 Å². The minimum Gasteiger partial charge on any atom is -0.378 e. The molecule has 2 heteroatoms. The molecule has 0 spiro atoms. The molecule has 2 nitrogen and oxygen atoms in total. The van der Waals surface area contributed by atoms with E-state index in [2.05, 4.69) is 19.9 Å². The van der Waals surface area contributed by atoms with E-state index in [4.69, 9.17) is 4.74 Å². The molecule has 3 saturated carbocycles. The summed E-state index contributed by atoms with van der Waals surface area (Å²) >= 11 is 0. The topological polar surface area (TPSA) is 33.0 Å². The van der Waals surface area contributed by atoms with Gasteiger partial charge in [0.15, 0.2) is 0 Å². The predicted molar refractivity (Wildman–Crippen MR) is 126 cm³/mol. The molecular formula is C28H49NO. The van der Waals surface area contributed by atoms with Crippen LogP contribution in [0.4, 0.5) is 0 Å². The summed E-state index contributed by atoms with van der Waals surface area (Å²) in [5.41, 5.74) is -0.0117. The Kier molecular flexibility index (Phi) is 10.0. The molecule has 3 rings (SSSR count).